The van der Waals surface area contributed by atoms with Gasteiger partial charge in [-0.15, -0.1) is 0 Å². The minimum atomic E-state index is -0.387. The summed E-state index contributed by atoms with van der Waals surface area (Å²) in [4.78, 5) is 27.8. The molecule has 0 saturated heterocycles. The zero-order valence-electron chi connectivity index (χ0n) is 18.4. The van der Waals surface area contributed by atoms with Crippen LogP contribution in [-0.4, -0.2) is 23.3 Å². The lowest BCUT2D eigenvalue weighted by Gasteiger charge is -2.13. The fraction of sp³-hybridized carbons (Fsp3) is 0.231. The van der Waals surface area contributed by atoms with Crippen LogP contribution in [0.4, 0.5) is 5.69 Å². The van der Waals surface area contributed by atoms with Crippen LogP contribution in [0, 0.1) is 12.8 Å². The van der Waals surface area contributed by atoms with Gasteiger partial charge in [-0.25, -0.2) is 0 Å². The van der Waals surface area contributed by atoms with Gasteiger partial charge in [-0.1, -0.05) is 43.7 Å². The summed E-state index contributed by atoms with van der Waals surface area (Å²) in [5.41, 5.74) is 3.08. The second-order valence-corrected chi connectivity index (χ2v) is 8.25. The van der Waals surface area contributed by atoms with Crippen LogP contribution in [0.5, 0.6) is 5.75 Å². The number of aryl methyl sites for hydroxylation is 1. The highest BCUT2D eigenvalue weighted by molar-refractivity contribution is 6.36. The molecular formula is C26H26N2O4. The van der Waals surface area contributed by atoms with Crippen LogP contribution in [0.15, 0.2) is 77.0 Å². The van der Waals surface area contributed by atoms with Crippen molar-refractivity contribution in [3.05, 3.63) is 89.5 Å². The lowest BCUT2D eigenvalue weighted by Crippen LogP contribution is -2.31. The minimum Gasteiger partial charge on any atom is -0.493 e. The monoisotopic (exact) mass is 430 g/mol. The molecule has 6 heteroatoms. The van der Waals surface area contributed by atoms with Crippen molar-refractivity contribution in [1.82, 2.24) is 4.90 Å². The molecule has 2 heterocycles. The Hall–Kier alpha value is -3.80. The van der Waals surface area contributed by atoms with Gasteiger partial charge in [-0.05, 0) is 54.8 Å². The third-order valence-electron chi connectivity index (χ3n) is 5.11. The highest BCUT2D eigenvalue weighted by Crippen LogP contribution is 2.32. The molecule has 0 fully saturated rings. The minimum absolute atomic E-state index is 0.0722. The van der Waals surface area contributed by atoms with Gasteiger partial charge >= 0.3 is 0 Å². The van der Waals surface area contributed by atoms with Crippen LogP contribution in [0.3, 0.4) is 0 Å². The topological polar surface area (TPSA) is 71.8 Å². The molecule has 0 atom stereocenters. The van der Waals surface area contributed by atoms with Crippen molar-refractivity contribution >= 4 is 23.1 Å². The van der Waals surface area contributed by atoms with Crippen LogP contribution >= 0.6 is 0 Å². The van der Waals surface area contributed by atoms with Crippen molar-refractivity contribution < 1.29 is 18.7 Å². The molecule has 1 aliphatic heterocycles. The summed E-state index contributed by atoms with van der Waals surface area (Å²) < 4.78 is 11.1. The normalized spacial score (nSPS) is 13.9. The Morgan fingerprint density at radius 1 is 0.969 bits per heavy atom. The maximum absolute atomic E-state index is 13.3. The molecule has 0 radical (unpaired) electrons. The average Bonchev–Trinajstić information content (AvgIpc) is 3.37. The molecule has 0 unspecified atom stereocenters. The molecule has 1 aromatic heterocycles. The van der Waals surface area contributed by atoms with Crippen molar-refractivity contribution in [2.45, 2.75) is 27.3 Å². The standard InChI is InChI=1S/C26H26N2O4/c1-17(2)16-32-21-12-8-19(9-13-21)23-24(27-20-10-6-18(3)7-11-20)26(30)28(25(23)29)15-22-5-4-14-31-22/h4-14,17,27H,15-16H2,1-3H3. The molecule has 4 rings (SSSR count). The van der Waals surface area contributed by atoms with E-state index in [4.69, 9.17) is 9.15 Å². The summed E-state index contributed by atoms with van der Waals surface area (Å²) in [6, 6.07) is 18.4. The molecule has 3 aromatic rings. The van der Waals surface area contributed by atoms with E-state index >= 15 is 0 Å². The summed E-state index contributed by atoms with van der Waals surface area (Å²) in [7, 11) is 0. The van der Waals surface area contributed by atoms with Crippen LogP contribution in [0.2, 0.25) is 0 Å². The molecule has 0 bridgehead atoms. The van der Waals surface area contributed by atoms with Gasteiger partial charge in [0.25, 0.3) is 11.8 Å². The van der Waals surface area contributed by atoms with Crippen molar-refractivity contribution in [2.75, 3.05) is 11.9 Å². The van der Waals surface area contributed by atoms with Gasteiger partial charge in [0.1, 0.15) is 17.2 Å². The summed E-state index contributed by atoms with van der Waals surface area (Å²) in [5.74, 6) is 0.922. The van der Waals surface area contributed by atoms with Crippen molar-refractivity contribution in [3.8, 4) is 5.75 Å². The summed E-state index contributed by atoms with van der Waals surface area (Å²) in [6.07, 6.45) is 1.52. The number of anilines is 1. The maximum Gasteiger partial charge on any atom is 0.278 e. The molecule has 32 heavy (non-hydrogen) atoms. The van der Waals surface area contributed by atoms with Crippen LogP contribution in [-0.2, 0) is 16.1 Å². The van der Waals surface area contributed by atoms with E-state index in [0.29, 0.717) is 29.4 Å². The van der Waals surface area contributed by atoms with Crippen LogP contribution < -0.4 is 10.1 Å². The second kappa shape index (κ2) is 9.14. The Kier molecular flexibility index (Phi) is 6.12. The number of carbonyl (C=O) groups is 2. The molecule has 6 nitrogen and oxygen atoms in total. The first-order valence-corrected chi connectivity index (χ1v) is 10.6. The SMILES string of the molecule is Cc1ccc(NC2=C(c3ccc(OCC(C)C)cc3)C(=O)N(Cc3ccco3)C2=O)cc1. The van der Waals surface area contributed by atoms with Gasteiger partial charge in [-0.3, -0.25) is 14.5 Å². The van der Waals surface area contributed by atoms with E-state index < -0.39 is 0 Å². The molecule has 0 spiro atoms. The van der Waals surface area contributed by atoms with E-state index in [9.17, 15) is 9.59 Å². The van der Waals surface area contributed by atoms with E-state index in [2.05, 4.69) is 19.2 Å². The van der Waals surface area contributed by atoms with Crippen LogP contribution in [0.1, 0.15) is 30.7 Å². The number of rotatable bonds is 8. The van der Waals surface area contributed by atoms with Gasteiger partial charge in [0, 0.05) is 5.69 Å². The van der Waals surface area contributed by atoms with Gasteiger partial charge in [0.05, 0.1) is 25.0 Å². The maximum atomic E-state index is 13.3. The van der Waals surface area contributed by atoms with E-state index in [1.807, 2.05) is 55.5 Å². The smallest absolute Gasteiger partial charge is 0.278 e. The Bertz CT molecular complexity index is 1130. The van der Waals surface area contributed by atoms with E-state index in [0.717, 1.165) is 17.0 Å². The van der Waals surface area contributed by atoms with E-state index in [1.165, 1.54) is 11.2 Å². The Labute approximate surface area is 187 Å². The molecule has 0 saturated carbocycles. The second-order valence-electron chi connectivity index (χ2n) is 8.25. The number of ether oxygens (including phenoxy) is 1. The van der Waals surface area contributed by atoms with Crippen molar-refractivity contribution in [2.24, 2.45) is 5.92 Å². The van der Waals surface area contributed by atoms with E-state index in [1.54, 1.807) is 12.1 Å². The predicted molar refractivity (Wildman–Crippen MR) is 123 cm³/mol. The highest BCUT2D eigenvalue weighted by atomic mass is 16.5. The first-order valence-electron chi connectivity index (χ1n) is 10.6. The molecule has 2 amide bonds. The Balaban J connectivity index is 1.67. The van der Waals surface area contributed by atoms with E-state index in [-0.39, 0.29) is 24.1 Å². The van der Waals surface area contributed by atoms with Gasteiger partial charge in [0.2, 0.25) is 0 Å². The van der Waals surface area contributed by atoms with Crippen LogP contribution in [0.25, 0.3) is 5.57 Å². The quantitative estimate of drug-likeness (QED) is 0.509. The third-order valence-corrected chi connectivity index (χ3v) is 5.11. The van der Waals surface area contributed by atoms with Crippen molar-refractivity contribution in [3.63, 3.8) is 0 Å². The fourth-order valence-electron chi connectivity index (χ4n) is 3.42. The lowest BCUT2D eigenvalue weighted by atomic mass is 10.0. The number of nitrogens with zero attached hydrogens (tertiary/aromatic N) is 1. The first-order chi connectivity index (χ1) is 15.4. The van der Waals surface area contributed by atoms with Gasteiger partial charge < -0.3 is 14.5 Å². The number of carbonyl (C=O) groups excluding carboxylic acids is 2. The first kappa shape index (κ1) is 21.4. The third kappa shape index (κ3) is 4.59. The molecular weight excluding hydrogens is 404 g/mol. The molecule has 1 N–H and O–H groups in total. The fourth-order valence-corrected chi connectivity index (χ4v) is 3.42. The molecule has 1 aliphatic rings. The Morgan fingerprint density at radius 3 is 2.31 bits per heavy atom. The zero-order valence-corrected chi connectivity index (χ0v) is 18.4. The predicted octanol–water partition coefficient (Wildman–Crippen LogP) is 5.02. The molecule has 0 aliphatic carbocycles. The van der Waals surface area contributed by atoms with Crippen molar-refractivity contribution in [1.29, 1.82) is 0 Å². The molecule has 164 valence electrons. The van der Waals surface area contributed by atoms with Gasteiger partial charge in [-0.2, -0.15) is 0 Å². The number of nitrogens with one attached hydrogen (secondary N) is 1. The number of hydrogen-bond acceptors (Lipinski definition) is 5. The van der Waals surface area contributed by atoms with Gasteiger partial charge in [0.15, 0.2) is 0 Å². The molecule has 2 aromatic carbocycles. The summed E-state index contributed by atoms with van der Waals surface area (Å²) in [5, 5.41) is 3.17. The highest BCUT2D eigenvalue weighted by Gasteiger charge is 2.39. The average molecular weight is 431 g/mol. The number of benzene rings is 2. The number of hydrogen-bond donors (Lipinski definition) is 1. The number of imide groups is 1. The largest absolute Gasteiger partial charge is 0.493 e. The number of furan rings is 1. The lowest BCUT2D eigenvalue weighted by molar-refractivity contribution is -0.137. The summed E-state index contributed by atoms with van der Waals surface area (Å²) >= 11 is 0. The number of amides is 2. The zero-order chi connectivity index (χ0) is 22.7. The summed E-state index contributed by atoms with van der Waals surface area (Å²) in [6.45, 7) is 6.84. The Morgan fingerprint density at radius 2 is 1.69 bits per heavy atom.